The van der Waals surface area contributed by atoms with Gasteiger partial charge in [0.2, 0.25) is 0 Å². The van der Waals surface area contributed by atoms with Gasteiger partial charge in [-0.15, -0.1) is 0 Å². The maximum Gasteiger partial charge on any atom is 0.0886 e. The largest absolute Gasteiger partial charge is 0.282 e. The van der Waals surface area contributed by atoms with Gasteiger partial charge in [-0.25, -0.2) is 0 Å². The Morgan fingerprint density at radius 2 is 2.45 bits per heavy atom. The number of allylic oxidation sites excluding steroid dienone is 4. The second-order valence-electron chi connectivity index (χ2n) is 2.76. The van der Waals surface area contributed by atoms with Crippen LogP contribution in [0.4, 0.5) is 0 Å². The molecule has 1 aromatic rings. The van der Waals surface area contributed by atoms with E-state index < -0.39 is 0 Å². The van der Waals surface area contributed by atoms with E-state index in [2.05, 4.69) is 34.5 Å². The van der Waals surface area contributed by atoms with Gasteiger partial charge in [-0.2, -0.15) is 5.10 Å². The molecule has 0 radical (unpaired) electrons. The van der Waals surface area contributed by atoms with Crippen LogP contribution >= 0.6 is 0 Å². The molecule has 0 aliphatic heterocycles. The van der Waals surface area contributed by atoms with E-state index in [4.69, 9.17) is 0 Å². The number of aromatic nitrogens is 2. The van der Waals surface area contributed by atoms with Crippen LogP contribution in [0.3, 0.4) is 0 Å². The summed E-state index contributed by atoms with van der Waals surface area (Å²) >= 11 is 0. The van der Waals surface area contributed by atoms with Gasteiger partial charge < -0.3 is 0 Å². The van der Waals surface area contributed by atoms with Crippen LogP contribution in [0.25, 0.3) is 5.57 Å². The van der Waals surface area contributed by atoms with E-state index in [9.17, 15) is 0 Å². The van der Waals surface area contributed by atoms with Gasteiger partial charge in [0.25, 0.3) is 0 Å². The Kier molecular flexibility index (Phi) is 1.39. The smallest absolute Gasteiger partial charge is 0.0886 e. The average molecular weight is 146 g/mol. The third-order valence-corrected chi connectivity index (χ3v) is 1.81. The molecule has 1 aliphatic rings. The van der Waals surface area contributed by atoms with Crippen LogP contribution in [-0.4, -0.2) is 10.2 Å². The molecule has 2 rings (SSSR count). The zero-order valence-corrected chi connectivity index (χ0v) is 6.46. The first kappa shape index (κ1) is 6.40. The minimum atomic E-state index is 1.02. The minimum Gasteiger partial charge on any atom is -0.282 e. The number of aromatic amines is 1. The molecule has 0 aromatic carbocycles. The molecule has 1 N–H and O–H groups in total. The molecule has 0 spiro atoms. The van der Waals surface area contributed by atoms with Crippen LogP contribution < -0.4 is 0 Å². The maximum atomic E-state index is 4.16. The van der Waals surface area contributed by atoms with Crippen molar-refractivity contribution in [3.05, 3.63) is 35.7 Å². The molecular formula is C9H10N2. The molecular weight excluding hydrogens is 136 g/mol. The first-order valence-electron chi connectivity index (χ1n) is 3.74. The summed E-state index contributed by atoms with van der Waals surface area (Å²) in [4.78, 5) is 0. The van der Waals surface area contributed by atoms with E-state index >= 15 is 0 Å². The minimum absolute atomic E-state index is 1.02. The van der Waals surface area contributed by atoms with Crippen molar-refractivity contribution in [2.75, 3.05) is 0 Å². The van der Waals surface area contributed by atoms with Gasteiger partial charge in [-0.05, 0) is 25.0 Å². The number of rotatable bonds is 1. The molecule has 11 heavy (non-hydrogen) atoms. The summed E-state index contributed by atoms with van der Waals surface area (Å²) in [6.07, 6.45) is 7.33. The van der Waals surface area contributed by atoms with Gasteiger partial charge in [0.05, 0.1) is 5.69 Å². The van der Waals surface area contributed by atoms with Crippen molar-refractivity contribution in [2.24, 2.45) is 0 Å². The molecule has 0 atom stereocenters. The Balaban J connectivity index is 2.30. The highest BCUT2D eigenvalue weighted by Crippen LogP contribution is 2.21. The third-order valence-electron chi connectivity index (χ3n) is 1.81. The lowest BCUT2D eigenvalue weighted by atomic mass is 10.1. The van der Waals surface area contributed by atoms with Gasteiger partial charge in [0, 0.05) is 5.69 Å². The quantitative estimate of drug-likeness (QED) is 0.645. The number of nitrogens with zero attached hydrogens (tertiary/aromatic N) is 1. The van der Waals surface area contributed by atoms with Crippen molar-refractivity contribution in [2.45, 2.75) is 13.3 Å². The van der Waals surface area contributed by atoms with E-state index in [1.807, 2.05) is 6.92 Å². The SMILES string of the molecule is Cc1cc(C2=CC=CC2)n[nH]1. The highest BCUT2D eigenvalue weighted by atomic mass is 15.1. The molecule has 56 valence electrons. The molecule has 0 bridgehead atoms. The average Bonchev–Trinajstić information content (AvgIpc) is 2.55. The number of nitrogens with one attached hydrogen (secondary N) is 1. The number of hydrogen-bond acceptors (Lipinski definition) is 1. The molecule has 1 aromatic heterocycles. The van der Waals surface area contributed by atoms with Gasteiger partial charge >= 0.3 is 0 Å². The van der Waals surface area contributed by atoms with E-state index in [0.717, 1.165) is 17.8 Å². The van der Waals surface area contributed by atoms with E-state index in [1.54, 1.807) is 0 Å². The summed E-state index contributed by atoms with van der Waals surface area (Å²) in [5.74, 6) is 0. The maximum absolute atomic E-state index is 4.16. The van der Waals surface area contributed by atoms with E-state index in [-0.39, 0.29) is 0 Å². The van der Waals surface area contributed by atoms with Gasteiger partial charge in [-0.1, -0.05) is 18.2 Å². The Morgan fingerprint density at radius 1 is 1.55 bits per heavy atom. The van der Waals surface area contributed by atoms with Gasteiger partial charge in [0.1, 0.15) is 0 Å². The zero-order chi connectivity index (χ0) is 7.68. The van der Waals surface area contributed by atoms with Crippen molar-refractivity contribution in [1.82, 2.24) is 10.2 Å². The van der Waals surface area contributed by atoms with Crippen molar-refractivity contribution < 1.29 is 0 Å². The normalized spacial score (nSPS) is 15.5. The molecule has 1 aliphatic carbocycles. The Hall–Kier alpha value is -1.31. The van der Waals surface area contributed by atoms with Crippen LogP contribution in [0.2, 0.25) is 0 Å². The lowest BCUT2D eigenvalue weighted by molar-refractivity contribution is 1.03. The fraction of sp³-hybridized carbons (Fsp3) is 0.222. The Bertz CT molecular complexity index is 318. The number of aryl methyl sites for hydroxylation is 1. The molecule has 0 saturated heterocycles. The molecule has 0 saturated carbocycles. The fourth-order valence-corrected chi connectivity index (χ4v) is 1.22. The van der Waals surface area contributed by atoms with Crippen molar-refractivity contribution in [1.29, 1.82) is 0 Å². The molecule has 2 nitrogen and oxygen atoms in total. The van der Waals surface area contributed by atoms with E-state index in [0.29, 0.717) is 0 Å². The third kappa shape index (κ3) is 1.11. The molecule has 0 amide bonds. The van der Waals surface area contributed by atoms with Crippen LogP contribution in [0.15, 0.2) is 24.3 Å². The molecule has 1 heterocycles. The lowest BCUT2D eigenvalue weighted by Crippen LogP contribution is -1.79. The second-order valence-corrected chi connectivity index (χ2v) is 2.76. The number of H-pyrrole nitrogens is 1. The van der Waals surface area contributed by atoms with Crippen molar-refractivity contribution >= 4 is 5.57 Å². The fourth-order valence-electron chi connectivity index (χ4n) is 1.22. The van der Waals surface area contributed by atoms with Crippen LogP contribution in [0.1, 0.15) is 17.8 Å². The highest BCUT2D eigenvalue weighted by Gasteiger charge is 2.05. The monoisotopic (exact) mass is 146 g/mol. The Morgan fingerprint density at radius 3 is 3.00 bits per heavy atom. The van der Waals surface area contributed by atoms with Crippen molar-refractivity contribution in [3.63, 3.8) is 0 Å². The number of hydrogen-bond donors (Lipinski definition) is 1. The van der Waals surface area contributed by atoms with Crippen LogP contribution in [0, 0.1) is 6.92 Å². The molecule has 2 heteroatoms. The molecule has 0 unspecified atom stereocenters. The highest BCUT2D eigenvalue weighted by molar-refractivity contribution is 5.68. The summed E-state index contributed by atoms with van der Waals surface area (Å²) in [6.45, 7) is 2.01. The van der Waals surface area contributed by atoms with E-state index in [1.165, 1.54) is 5.57 Å². The summed E-state index contributed by atoms with van der Waals surface area (Å²) in [7, 11) is 0. The first-order valence-corrected chi connectivity index (χ1v) is 3.74. The summed E-state index contributed by atoms with van der Waals surface area (Å²) in [5.41, 5.74) is 3.50. The molecule has 0 fully saturated rings. The van der Waals surface area contributed by atoms with Crippen LogP contribution in [0.5, 0.6) is 0 Å². The topological polar surface area (TPSA) is 28.7 Å². The summed E-state index contributed by atoms with van der Waals surface area (Å²) in [6, 6.07) is 2.07. The van der Waals surface area contributed by atoms with Crippen LogP contribution in [-0.2, 0) is 0 Å². The second kappa shape index (κ2) is 2.38. The predicted octanol–water partition coefficient (Wildman–Crippen LogP) is 2.06. The predicted molar refractivity (Wildman–Crippen MR) is 45.1 cm³/mol. The van der Waals surface area contributed by atoms with Gasteiger partial charge in [0.15, 0.2) is 0 Å². The lowest BCUT2D eigenvalue weighted by Gasteiger charge is -1.91. The standard InChI is InChI=1S/C9H10N2/c1-7-6-9(11-10-7)8-4-2-3-5-8/h2-4,6H,5H2,1H3,(H,10,11). The summed E-state index contributed by atoms with van der Waals surface area (Å²) < 4.78 is 0. The van der Waals surface area contributed by atoms with Crippen molar-refractivity contribution in [3.8, 4) is 0 Å². The zero-order valence-electron chi connectivity index (χ0n) is 6.46. The Labute approximate surface area is 65.6 Å². The van der Waals surface area contributed by atoms with Gasteiger partial charge in [-0.3, -0.25) is 5.10 Å². The first-order chi connectivity index (χ1) is 5.36. The summed E-state index contributed by atoms with van der Waals surface area (Å²) in [5, 5.41) is 7.09.